The van der Waals surface area contributed by atoms with Crippen LogP contribution < -0.4 is 0 Å². The van der Waals surface area contributed by atoms with Crippen LogP contribution >= 0.6 is 0 Å². The minimum atomic E-state index is -0.835. The zero-order valence-electron chi connectivity index (χ0n) is 12.0. The van der Waals surface area contributed by atoms with E-state index in [0.717, 1.165) is 12.8 Å². The summed E-state index contributed by atoms with van der Waals surface area (Å²) < 4.78 is 0. The van der Waals surface area contributed by atoms with Crippen LogP contribution in [-0.4, -0.2) is 34.1 Å². The van der Waals surface area contributed by atoms with E-state index in [2.05, 4.69) is 6.92 Å². The average molecular weight is 281 g/mol. The van der Waals surface area contributed by atoms with E-state index in [-0.39, 0.29) is 23.1 Å². The second-order valence-corrected chi connectivity index (χ2v) is 5.06. The third kappa shape index (κ3) is 20.5. The van der Waals surface area contributed by atoms with Gasteiger partial charge in [0.2, 0.25) is 0 Å². The highest BCUT2D eigenvalue weighted by atomic mass is 24.3. The topological polar surface area (TPSA) is 37.3 Å². The molecule has 0 bridgehead atoms. The lowest BCUT2D eigenvalue weighted by atomic mass is 10.1. The zero-order valence-corrected chi connectivity index (χ0v) is 12.0. The number of aliphatic carboxylic acids is 1. The van der Waals surface area contributed by atoms with Crippen molar-refractivity contribution in [3.05, 3.63) is 12.2 Å². The summed E-state index contributed by atoms with van der Waals surface area (Å²) in [5, 5.41) is 8.40. The predicted octanol–water partition coefficient (Wildman–Crippen LogP) is 4.41. The monoisotopic (exact) mass is 280 g/mol. The van der Waals surface area contributed by atoms with Crippen LogP contribution in [0.25, 0.3) is 0 Å². The number of hydrogen-bond donors (Lipinski definition) is 1. The fourth-order valence-corrected chi connectivity index (χ4v) is 2.11. The van der Waals surface area contributed by atoms with Gasteiger partial charge in [0.15, 0.2) is 0 Å². The molecule has 1 N–H and O–H groups in total. The molecule has 0 atom stereocenters. The molecular weight excluding hydrogens is 248 g/mol. The van der Waals surface area contributed by atoms with E-state index in [4.69, 9.17) is 5.11 Å². The second-order valence-electron chi connectivity index (χ2n) is 5.06. The molecule has 0 aromatic carbocycles. The Morgan fingerprint density at radius 3 is 1.68 bits per heavy atom. The summed E-state index contributed by atoms with van der Waals surface area (Å²) >= 11 is 0. The van der Waals surface area contributed by atoms with E-state index in [9.17, 15) is 4.79 Å². The van der Waals surface area contributed by atoms with E-state index < -0.39 is 5.97 Å². The molecule has 0 saturated heterocycles. The highest BCUT2D eigenvalue weighted by molar-refractivity contribution is 5.79. The first-order chi connectivity index (χ1) is 8.77. The van der Waals surface area contributed by atoms with Gasteiger partial charge in [-0.2, -0.15) is 0 Å². The molecule has 0 spiro atoms. The first-order valence-corrected chi connectivity index (χ1v) is 7.67. The Morgan fingerprint density at radius 1 is 0.842 bits per heavy atom. The Hall–Kier alpha value is -0.0238. The number of rotatable bonds is 13. The molecule has 19 heavy (non-hydrogen) atoms. The normalized spacial score (nSPS) is 10.6. The Bertz CT molecular complexity index is 215. The van der Waals surface area contributed by atoms with Crippen molar-refractivity contribution in [3.63, 3.8) is 0 Å². The molecule has 0 aromatic rings. The molecule has 0 aromatic heterocycles. The summed E-state index contributed by atoms with van der Waals surface area (Å²) in [5.41, 5.74) is 0. The van der Waals surface area contributed by atoms with Crippen molar-refractivity contribution in [1.29, 1.82) is 0 Å². The molecule has 0 aliphatic heterocycles. The van der Waals surface area contributed by atoms with Crippen LogP contribution in [0.3, 0.4) is 0 Å². The SMILES string of the molecule is CCCCCCCCCCCCCC=CC(=O)O.[MgH2]. The summed E-state index contributed by atoms with van der Waals surface area (Å²) in [6.07, 6.45) is 18.6. The lowest BCUT2D eigenvalue weighted by molar-refractivity contribution is -0.131. The maximum absolute atomic E-state index is 10.2. The third-order valence-electron chi connectivity index (χ3n) is 3.23. The first kappa shape index (κ1) is 21.3. The minimum Gasteiger partial charge on any atom is -0.478 e. The number of carbonyl (C=O) groups is 1. The summed E-state index contributed by atoms with van der Waals surface area (Å²) in [6, 6.07) is 0. The van der Waals surface area contributed by atoms with E-state index in [1.54, 1.807) is 6.08 Å². The fraction of sp³-hybridized carbons (Fsp3) is 0.812. The number of allylic oxidation sites excluding steroid dienone is 1. The number of carboxylic acids is 1. The van der Waals surface area contributed by atoms with Crippen molar-refractivity contribution in [2.75, 3.05) is 0 Å². The molecule has 0 rings (SSSR count). The molecule has 0 radical (unpaired) electrons. The quantitative estimate of drug-likeness (QED) is 0.308. The van der Waals surface area contributed by atoms with Crippen LogP contribution in [-0.2, 0) is 4.79 Å². The number of unbranched alkanes of at least 4 members (excludes halogenated alkanes) is 11. The van der Waals surface area contributed by atoms with E-state index in [1.165, 1.54) is 70.3 Å². The molecule has 0 saturated carbocycles. The predicted molar refractivity (Wildman–Crippen MR) is 86.4 cm³/mol. The van der Waals surface area contributed by atoms with Crippen LogP contribution in [0, 0.1) is 0 Å². The van der Waals surface area contributed by atoms with Crippen LogP contribution in [0.2, 0.25) is 0 Å². The van der Waals surface area contributed by atoms with Gasteiger partial charge in [0.25, 0.3) is 0 Å². The molecule has 0 heterocycles. The lowest BCUT2D eigenvalue weighted by Gasteiger charge is -2.01. The molecule has 3 heteroatoms. The second kappa shape index (κ2) is 18.0. The van der Waals surface area contributed by atoms with Gasteiger partial charge in [-0.1, -0.05) is 77.2 Å². The smallest absolute Gasteiger partial charge is 0.327 e. The lowest BCUT2D eigenvalue weighted by Crippen LogP contribution is -1.85. The maximum Gasteiger partial charge on any atom is 0.327 e. The standard InChI is InChI=1S/C16H30O2.Mg.2H/c1-2-3-4-5-6-7-8-9-10-11-12-13-14-15-16(17)18;;;/h14-15H,2-13H2,1H3,(H,17,18);;;. The minimum absolute atomic E-state index is 0. The molecule has 0 amide bonds. The van der Waals surface area contributed by atoms with Crippen molar-refractivity contribution in [3.8, 4) is 0 Å². The van der Waals surface area contributed by atoms with Crippen molar-refractivity contribution >= 4 is 29.0 Å². The molecule has 0 aliphatic carbocycles. The molecule has 0 unspecified atom stereocenters. The van der Waals surface area contributed by atoms with Crippen molar-refractivity contribution < 1.29 is 9.90 Å². The van der Waals surface area contributed by atoms with Gasteiger partial charge >= 0.3 is 29.0 Å². The molecular formula is C16H32MgO2. The first-order valence-electron chi connectivity index (χ1n) is 7.67. The number of carboxylic acid groups (broad SMARTS) is 1. The van der Waals surface area contributed by atoms with Gasteiger partial charge in [-0.15, -0.1) is 0 Å². The van der Waals surface area contributed by atoms with Crippen molar-refractivity contribution in [2.24, 2.45) is 0 Å². The van der Waals surface area contributed by atoms with Gasteiger partial charge in [0.1, 0.15) is 0 Å². The van der Waals surface area contributed by atoms with Gasteiger partial charge in [-0.3, -0.25) is 0 Å². The Morgan fingerprint density at radius 2 is 1.26 bits per heavy atom. The Balaban J connectivity index is 0. The fourth-order valence-electron chi connectivity index (χ4n) is 2.11. The van der Waals surface area contributed by atoms with Crippen LogP contribution in [0.15, 0.2) is 12.2 Å². The molecule has 0 aliphatic rings. The van der Waals surface area contributed by atoms with Crippen LogP contribution in [0.4, 0.5) is 0 Å². The van der Waals surface area contributed by atoms with E-state index >= 15 is 0 Å². The Kier molecular flexibility index (Phi) is 20.1. The molecule has 0 fully saturated rings. The summed E-state index contributed by atoms with van der Waals surface area (Å²) in [4.78, 5) is 10.2. The summed E-state index contributed by atoms with van der Waals surface area (Å²) in [6.45, 7) is 2.26. The van der Waals surface area contributed by atoms with E-state index in [1.807, 2.05) is 0 Å². The maximum atomic E-state index is 10.2. The van der Waals surface area contributed by atoms with Crippen LogP contribution in [0.1, 0.15) is 84.0 Å². The van der Waals surface area contributed by atoms with Gasteiger partial charge in [0.05, 0.1) is 0 Å². The third-order valence-corrected chi connectivity index (χ3v) is 3.23. The van der Waals surface area contributed by atoms with Gasteiger partial charge < -0.3 is 5.11 Å². The van der Waals surface area contributed by atoms with Gasteiger partial charge in [-0.05, 0) is 12.8 Å². The van der Waals surface area contributed by atoms with Gasteiger partial charge in [-0.25, -0.2) is 4.79 Å². The van der Waals surface area contributed by atoms with Crippen LogP contribution in [0.5, 0.6) is 0 Å². The van der Waals surface area contributed by atoms with Crippen molar-refractivity contribution in [2.45, 2.75) is 84.0 Å². The van der Waals surface area contributed by atoms with E-state index in [0.29, 0.717) is 0 Å². The highest BCUT2D eigenvalue weighted by Crippen LogP contribution is 2.11. The highest BCUT2D eigenvalue weighted by Gasteiger charge is 1.92. The average Bonchev–Trinajstić information content (AvgIpc) is 2.34. The Labute approximate surface area is 135 Å². The van der Waals surface area contributed by atoms with Gasteiger partial charge in [0, 0.05) is 6.08 Å². The zero-order chi connectivity index (χ0) is 13.5. The summed E-state index contributed by atoms with van der Waals surface area (Å²) in [7, 11) is 0. The summed E-state index contributed by atoms with van der Waals surface area (Å²) in [5.74, 6) is -0.835. The molecule has 2 nitrogen and oxygen atoms in total. The number of hydrogen-bond acceptors (Lipinski definition) is 1. The largest absolute Gasteiger partial charge is 0.478 e. The van der Waals surface area contributed by atoms with Crippen molar-refractivity contribution in [1.82, 2.24) is 0 Å². The molecule has 110 valence electrons.